The minimum Gasteiger partial charge on any atom is -0.399 e. The number of ether oxygens (including phenoxy) is 1. The topological polar surface area (TPSA) is 9.23 Å². The highest BCUT2D eigenvalue weighted by Gasteiger charge is 2.34. The van der Waals surface area contributed by atoms with Crippen LogP contribution in [0, 0.1) is 17.6 Å². The van der Waals surface area contributed by atoms with Crippen molar-refractivity contribution in [3.05, 3.63) is 41.5 Å². The van der Waals surface area contributed by atoms with Crippen LogP contribution in [0.5, 0.6) is 5.75 Å². The predicted octanol–water partition coefficient (Wildman–Crippen LogP) is 5.71. The van der Waals surface area contributed by atoms with Crippen molar-refractivity contribution in [3.63, 3.8) is 0 Å². The number of allylic oxidation sites excluding steroid dienone is 2. The van der Waals surface area contributed by atoms with Gasteiger partial charge in [0.1, 0.15) is 0 Å². The second-order valence-corrected chi connectivity index (χ2v) is 5.50. The highest BCUT2D eigenvalue weighted by Crippen LogP contribution is 2.39. The fourth-order valence-corrected chi connectivity index (χ4v) is 2.95. The Morgan fingerprint density at radius 3 is 2.05 bits per heavy atom. The zero-order valence-corrected chi connectivity index (χ0v) is 12.1. The molecule has 1 aliphatic rings. The Labute approximate surface area is 125 Å². The van der Waals surface area contributed by atoms with Crippen molar-refractivity contribution >= 4 is 0 Å². The Bertz CT molecular complexity index is 519. The summed E-state index contributed by atoms with van der Waals surface area (Å²) in [6, 6.07) is 1.90. The van der Waals surface area contributed by atoms with Crippen LogP contribution in [0.3, 0.4) is 0 Å². The summed E-state index contributed by atoms with van der Waals surface area (Å²) in [7, 11) is 0. The lowest BCUT2D eigenvalue weighted by Gasteiger charge is -2.27. The number of hydrogen-bond acceptors (Lipinski definition) is 1. The maximum Gasteiger partial charge on any atom is 0.573 e. The first-order chi connectivity index (χ1) is 10.3. The van der Waals surface area contributed by atoms with Crippen LogP contribution in [0.2, 0.25) is 0 Å². The SMILES string of the molecule is C/C=C/[C@H]1CC[C@H](c2cc(F)c(OC(F)(F)F)c(F)c2)CC1. The third-order valence-electron chi connectivity index (χ3n) is 3.95. The van der Waals surface area contributed by atoms with Crippen LogP contribution in [0.15, 0.2) is 24.3 Å². The quantitative estimate of drug-likeness (QED) is 0.512. The van der Waals surface area contributed by atoms with Crippen molar-refractivity contribution in [2.75, 3.05) is 0 Å². The van der Waals surface area contributed by atoms with E-state index in [1.165, 1.54) is 0 Å². The normalized spacial score (nSPS) is 23.0. The van der Waals surface area contributed by atoms with E-state index in [0.717, 1.165) is 37.8 Å². The van der Waals surface area contributed by atoms with Gasteiger partial charge < -0.3 is 4.74 Å². The van der Waals surface area contributed by atoms with Gasteiger partial charge in [-0.1, -0.05) is 12.2 Å². The Balaban J connectivity index is 2.14. The molecule has 122 valence electrons. The molecular weight excluding hydrogens is 303 g/mol. The van der Waals surface area contributed by atoms with Gasteiger partial charge in [0.05, 0.1) is 0 Å². The molecule has 0 unspecified atom stereocenters. The molecule has 0 bridgehead atoms. The minimum atomic E-state index is -5.12. The summed E-state index contributed by atoms with van der Waals surface area (Å²) in [6.07, 6.45) is 2.29. The van der Waals surface area contributed by atoms with Crippen LogP contribution in [0.1, 0.15) is 44.1 Å². The smallest absolute Gasteiger partial charge is 0.399 e. The van der Waals surface area contributed by atoms with E-state index in [-0.39, 0.29) is 5.92 Å². The van der Waals surface area contributed by atoms with Crippen molar-refractivity contribution in [1.29, 1.82) is 0 Å². The molecule has 22 heavy (non-hydrogen) atoms. The summed E-state index contributed by atoms with van der Waals surface area (Å²) >= 11 is 0. The maximum absolute atomic E-state index is 13.7. The van der Waals surface area contributed by atoms with E-state index in [1.54, 1.807) is 0 Å². The monoisotopic (exact) mass is 320 g/mol. The molecule has 0 saturated heterocycles. The van der Waals surface area contributed by atoms with Crippen LogP contribution in [-0.4, -0.2) is 6.36 Å². The minimum absolute atomic E-state index is 0.0366. The molecule has 1 aromatic carbocycles. The lowest BCUT2D eigenvalue weighted by atomic mass is 9.78. The largest absolute Gasteiger partial charge is 0.573 e. The second-order valence-electron chi connectivity index (χ2n) is 5.50. The summed E-state index contributed by atoms with van der Waals surface area (Å²) in [6.45, 7) is 1.94. The fraction of sp³-hybridized carbons (Fsp3) is 0.500. The van der Waals surface area contributed by atoms with Crippen molar-refractivity contribution in [2.24, 2.45) is 5.92 Å². The first kappa shape index (κ1) is 16.8. The molecule has 1 fully saturated rings. The third kappa shape index (κ3) is 4.21. The summed E-state index contributed by atoms with van der Waals surface area (Å²) in [4.78, 5) is 0. The number of alkyl halides is 3. The van der Waals surface area contributed by atoms with Crippen LogP contribution >= 0.6 is 0 Å². The van der Waals surface area contributed by atoms with Crippen LogP contribution in [0.25, 0.3) is 0 Å². The molecular formula is C16H17F5O. The molecule has 0 radical (unpaired) electrons. The van der Waals surface area contributed by atoms with Crippen molar-refractivity contribution in [1.82, 2.24) is 0 Å². The van der Waals surface area contributed by atoms with Gasteiger partial charge in [-0.2, -0.15) is 0 Å². The molecule has 6 heteroatoms. The molecule has 1 aromatic rings. The number of halogens is 5. The number of hydrogen-bond donors (Lipinski definition) is 0. The van der Waals surface area contributed by atoms with Gasteiger partial charge in [0.25, 0.3) is 0 Å². The highest BCUT2D eigenvalue weighted by atomic mass is 19.4. The maximum atomic E-state index is 13.7. The van der Waals surface area contributed by atoms with E-state index in [0.29, 0.717) is 11.5 Å². The van der Waals surface area contributed by atoms with Gasteiger partial charge >= 0.3 is 6.36 Å². The summed E-state index contributed by atoms with van der Waals surface area (Å²) in [5.74, 6) is -3.60. The van der Waals surface area contributed by atoms with E-state index >= 15 is 0 Å². The summed E-state index contributed by atoms with van der Waals surface area (Å²) in [5, 5.41) is 0. The molecule has 0 spiro atoms. The van der Waals surface area contributed by atoms with Crippen molar-refractivity contribution in [2.45, 2.75) is 44.9 Å². The van der Waals surface area contributed by atoms with Crippen LogP contribution in [0.4, 0.5) is 22.0 Å². The van der Waals surface area contributed by atoms with Gasteiger partial charge in [0.15, 0.2) is 11.6 Å². The molecule has 0 heterocycles. The molecule has 1 aliphatic carbocycles. The lowest BCUT2D eigenvalue weighted by Crippen LogP contribution is -2.19. The average Bonchev–Trinajstić information content (AvgIpc) is 2.43. The second kappa shape index (κ2) is 6.67. The van der Waals surface area contributed by atoms with E-state index in [4.69, 9.17) is 0 Å². The number of rotatable bonds is 3. The van der Waals surface area contributed by atoms with Crippen molar-refractivity contribution in [3.8, 4) is 5.75 Å². The Kier molecular flexibility index (Phi) is 5.08. The molecule has 0 amide bonds. The van der Waals surface area contributed by atoms with Gasteiger partial charge in [-0.25, -0.2) is 8.78 Å². The van der Waals surface area contributed by atoms with Gasteiger partial charge in [-0.05, 0) is 62.1 Å². The first-order valence-corrected chi connectivity index (χ1v) is 7.17. The Morgan fingerprint density at radius 2 is 1.59 bits per heavy atom. The average molecular weight is 320 g/mol. The van der Waals surface area contributed by atoms with E-state index in [1.807, 2.05) is 13.0 Å². The molecule has 0 N–H and O–H groups in total. The molecule has 1 saturated carbocycles. The Hall–Kier alpha value is -1.59. The highest BCUT2D eigenvalue weighted by molar-refractivity contribution is 5.33. The van der Waals surface area contributed by atoms with Crippen LogP contribution < -0.4 is 4.74 Å². The zero-order valence-electron chi connectivity index (χ0n) is 12.1. The Morgan fingerprint density at radius 1 is 1.05 bits per heavy atom. The van der Waals surface area contributed by atoms with Crippen molar-refractivity contribution < 1.29 is 26.7 Å². The standard InChI is InChI=1S/C16H17F5O/c1-2-3-10-4-6-11(7-5-10)12-8-13(17)15(14(18)9-12)22-16(19,20)21/h2-3,8-11H,4-7H2,1H3/b3-2+/t10-,11-. The fourth-order valence-electron chi connectivity index (χ4n) is 2.95. The molecule has 0 aromatic heterocycles. The zero-order chi connectivity index (χ0) is 16.3. The number of benzene rings is 1. The third-order valence-corrected chi connectivity index (χ3v) is 3.95. The van der Waals surface area contributed by atoms with E-state index < -0.39 is 23.7 Å². The summed E-state index contributed by atoms with van der Waals surface area (Å²) < 4.78 is 67.2. The first-order valence-electron chi connectivity index (χ1n) is 7.17. The molecule has 0 aliphatic heterocycles. The van der Waals surface area contributed by atoms with Gasteiger partial charge in [-0.15, -0.1) is 13.2 Å². The predicted molar refractivity (Wildman–Crippen MR) is 72.6 cm³/mol. The van der Waals surface area contributed by atoms with Crippen LogP contribution in [-0.2, 0) is 0 Å². The van der Waals surface area contributed by atoms with Gasteiger partial charge in [-0.3, -0.25) is 0 Å². The van der Waals surface area contributed by atoms with E-state index in [2.05, 4.69) is 10.8 Å². The molecule has 1 nitrogen and oxygen atoms in total. The molecule has 0 atom stereocenters. The molecule has 2 rings (SSSR count). The summed E-state index contributed by atoms with van der Waals surface area (Å²) in [5.41, 5.74) is 0.392. The van der Waals surface area contributed by atoms with E-state index in [9.17, 15) is 22.0 Å². The van der Waals surface area contributed by atoms with Gasteiger partial charge in [0, 0.05) is 0 Å². The van der Waals surface area contributed by atoms with Gasteiger partial charge in [0.2, 0.25) is 5.75 Å². The lowest BCUT2D eigenvalue weighted by molar-refractivity contribution is -0.276.